The normalized spacial score (nSPS) is 10.8. The summed E-state index contributed by atoms with van der Waals surface area (Å²) in [5, 5.41) is 18.8. The van der Waals surface area contributed by atoms with E-state index in [9.17, 15) is 24.3 Å². The summed E-state index contributed by atoms with van der Waals surface area (Å²) in [7, 11) is 0. The number of amides is 1. The van der Waals surface area contributed by atoms with E-state index in [0.717, 1.165) is 16.7 Å². The highest BCUT2D eigenvalue weighted by Crippen LogP contribution is 2.38. The number of ketones is 1. The van der Waals surface area contributed by atoms with E-state index >= 15 is 0 Å². The monoisotopic (exact) mass is 486 g/mol. The van der Waals surface area contributed by atoms with Crippen LogP contribution in [-0.4, -0.2) is 45.0 Å². The SMILES string of the molecule is Cc1c(C(=O)C(N)=O)c2c(OCC(=O)O)c(C(=O)O)ccc2n1Cc1ccccc1-c1ccccc1. The van der Waals surface area contributed by atoms with Gasteiger partial charge in [0.05, 0.1) is 16.5 Å². The lowest BCUT2D eigenvalue weighted by molar-refractivity contribution is -0.139. The molecule has 36 heavy (non-hydrogen) atoms. The average molecular weight is 486 g/mol. The van der Waals surface area contributed by atoms with E-state index in [1.54, 1.807) is 11.5 Å². The zero-order valence-corrected chi connectivity index (χ0v) is 19.2. The maximum absolute atomic E-state index is 12.9. The third kappa shape index (κ3) is 4.41. The second-order valence-corrected chi connectivity index (χ2v) is 8.09. The van der Waals surface area contributed by atoms with Crippen molar-refractivity contribution in [2.45, 2.75) is 13.5 Å². The fourth-order valence-electron chi connectivity index (χ4n) is 4.32. The van der Waals surface area contributed by atoms with Crippen molar-refractivity contribution in [1.82, 2.24) is 4.57 Å². The number of benzene rings is 3. The van der Waals surface area contributed by atoms with Crippen LogP contribution in [0.2, 0.25) is 0 Å². The second-order valence-electron chi connectivity index (χ2n) is 8.09. The molecule has 0 spiro atoms. The Hall–Kier alpha value is -4.92. The number of ether oxygens (including phenoxy) is 1. The Morgan fingerprint density at radius 3 is 2.22 bits per heavy atom. The molecule has 1 amide bonds. The molecule has 0 saturated heterocycles. The molecule has 0 atom stereocenters. The van der Waals surface area contributed by atoms with Gasteiger partial charge in [-0.1, -0.05) is 54.6 Å². The minimum atomic E-state index is -1.38. The van der Waals surface area contributed by atoms with E-state index in [2.05, 4.69) is 0 Å². The lowest BCUT2D eigenvalue weighted by Crippen LogP contribution is -2.24. The van der Waals surface area contributed by atoms with E-state index in [4.69, 9.17) is 15.6 Å². The van der Waals surface area contributed by atoms with E-state index in [0.29, 0.717) is 11.2 Å². The Morgan fingerprint density at radius 2 is 1.58 bits per heavy atom. The number of carboxylic acids is 2. The van der Waals surface area contributed by atoms with Crippen molar-refractivity contribution in [3.05, 3.63) is 89.1 Å². The zero-order valence-electron chi connectivity index (χ0n) is 19.2. The Labute approximate surface area is 205 Å². The highest BCUT2D eigenvalue weighted by molar-refractivity contribution is 6.45. The molecule has 4 rings (SSSR count). The standard InChI is InChI=1S/C27H22N2O7/c1-15-22(24(32)26(28)33)23-20(12-11-19(27(34)35)25(23)36-14-21(30)31)29(15)13-17-9-5-6-10-18(17)16-7-3-2-4-8-16/h2-12H,13-14H2,1H3,(H2,28,33)(H,30,31)(H,34,35). The van der Waals surface area contributed by atoms with Gasteiger partial charge in [0.25, 0.3) is 11.7 Å². The van der Waals surface area contributed by atoms with Crippen LogP contribution in [0.15, 0.2) is 66.7 Å². The third-order valence-corrected chi connectivity index (χ3v) is 5.90. The van der Waals surface area contributed by atoms with Crippen LogP contribution in [0, 0.1) is 6.92 Å². The number of aromatic nitrogens is 1. The number of carboxylic acid groups (broad SMARTS) is 2. The molecule has 0 bridgehead atoms. The van der Waals surface area contributed by atoms with Crippen LogP contribution in [0.4, 0.5) is 0 Å². The summed E-state index contributed by atoms with van der Waals surface area (Å²) in [4.78, 5) is 47.9. The lowest BCUT2D eigenvalue weighted by Gasteiger charge is -2.14. The van der Waals surface area contributed by atoms with Gasteiger partial charge in [0.15, 0.2) is 6.61 Å². The van der Waals surface area contributed by atoms with Crippen LogP contribution in [0.5, 0.6) is 5.75 Å². The lowest BCUT2D eigenvalue weighted by atomic mass is 9.99. The topological polar surface area (TPSA) is 149 Å². The summed E-state index contributed by atoms with van der Waals surface area (Å²) in [6, 6.07) is 20.2. The minimum Gasteiger partial charge on any atom is -0.480 e. The Morgan fingerprint density at radius 1 is 0.917 bits per heavy atom. The summed E-state index contributed by atoms with van der Waals surface area (Å²) in [5.41, 5.74) is 8.43. The molecule has 9 heteroatoms. The first-order chi connectivity index (χ1) is 17.2. The van der Waals surface area contributed by atoms with Crippen molar-refractivity contribution in [2.24, 2.45) is 5.73 Å². The van der Waals surface area contributed by atoms with Gasteiger partial charge < -0.3 is 25.3 Å². The van der Waals surface area contributed by atoms with Crippen LogP contribution >= 0.6 is 0 Å². The van der Waals surface area contributed by atoms with Crippen LogP contribution in [-0.2, 0) is 16.1 Å². The summed E-state index contributed by atoms with van der Waals surface area (Å²) in [5.74, 6) is -5.29. The van der Waals surface area contributed by atoms with Crippen molar-refractivity contribution in [3.63, 3.8) is 0 Å². The van der Waals surface area contributed by atoms with Gasteiger partial charge in [0, 0.05) is 12.2 Å². The first-order valence-electron chi connectivity index (χ1n) is 10.9. The Bertz CT molecular complexity index is 1520. The van der Waals surface area contributed by atoms with E-state index in [1.807, 2.05) is 54.6 Å². The van der Waals surface area contributed by atoms with Crippen molar-refractivity contribution in [2.75, 3.05) is 6.61 Å². The van der Waals surface area contributed by atoms with Crippen molar-refractivity contribution < 1.29 is 34.1 Å². The van der Waals surface area contributed by atoms with Gasteiger partial charge in [0.2, 0.25) is 0 Å². The van der Waals surface area contributed by atoms with Crippen molar-refractivity contribution in [3.8, 4) is 16.9 Å². The molecule has 0 aliphatic heterocycles. The molecule has 1 aromatic heterocycles. The molecule has 4 aromatic rings. The number of aromatic carboxylic acids is 1. The zero-order chi connectivity index (χ0) is 26.0. The minimum absolute atomic E-state index is 0.0228. The van der Waals surface area contributed by atoms with Crippen LogP contribution in [0.1, 0.15) is 32.0 Å². The Balaban J connectivity index is 1.99. The molecule has 3 aromatic carbocycles. The molecule has 0 aliphatic rings. The summed E-state index contributed by atoms with van der Waals surface area (Å²) in [6.45, 7) is 1.04. The van der Waals surface area contributed by atoms with Gasteiger partial charge in [0.1, 0.15) is 11.3 Å². The number of carbonyl (C=O) groups excluding carboxylic acids is 2. The number of fused-ring (bicyclic) bond motifs is 1. The fraction of sp³-hybridized carbons (Fsp3) is 0.111. The van der Waals surface area contributed by atoms with Crippen LogP contribution in [0.3, 0.4) is 0 Å². The average Bonchev–Trinajstić information content (AvgIpc) is 3.13. The first kappa shape index (κ1) is 24.2. The number of Topliss-reactive ketones (excluding diaryl/α,β-unsaturated/α-hetero) is 1. The predicted octanol–water partition coefficient (Wildman–Crippen LogP) is 3.49. The van der Waals surface area contributed by atoms with Gasteiger partial charge in [-0.15, -0.1) is 0 Å². The molecule has 9 nitrogen and oxygen atoms in total. The van der Waals surface area contributed by atoms with Crippen molar-refractivity contribution in [1.29, 1.82) is 0 Å². The number of nitrogens with two attached hydrogens (primary N) is 1. The number of rotatable bonds is 9. The molecule has 0 radical (unpaired) electrons. The number of hydrogen-bond acceptors (Lipinski definition) is 5. The summed E-state index contributed by atoms with van der Waals surface area (Å²) < 4.78 is 7.11. The molecule has 0 saturated carbocycles. The van der Waals surface area contributed by atoms with Crippen LogP contribution in [0.25, 0.3) is 22.0 Å². The molecular formula is C27H22N2O7. The third-order valence-electron chi connectivity index (χ3n) is 5.90. The maximum Gasteiger partial charge on any atom is 0.341 e. The summed E-state index contributed by atoms with van der Waals surface area (Å²) in [6.07, 6.45) is 0. The van der Waals surface area contributed by atoms with Gasteiger partial charge in [-0.2, -0.15) is 0 Å². The second kappa shape index (κ2) is 9.75. The van der Waals surface area contributed by atoms with Gasteiger partial charge in [-0.25, -0.2) is 9.59 Å². The molecule has 4 N–H and O–H groups in total. The van der Waals surface area contributed by atoms with Crippen LogP contribution < -0.4 is 10.5 Å². The van der Waals surface area contributed by atoms with Gasteiger partial charge in [-0.3, -0.25) is 9.59 Å². The number of nitrogens with zero attached hydrogens (tertiary/aromatic N) is 1. The first-order valence-corrected chi connectivity index (χ1v) is 10.9. The molecule has 0 fully saturated rings. The largest absolute Gasteiger partial charge is 0.480 e. The number of aliphatic carboxylic acids is 1. The number of primary amides is 1. The van der Waals surface area contributed by atoms with E-state index in [-0.39, 0.29) is 28.8 Å². The molecule has 182 valence electrons. The van der Waals surface area contributed by atoms with Crippen molar-refractivity contribution >= 4 is 34.5 Å². The molecule has 0 unspecified atom stereocenters. The van der Waals surface area contributed by atoms with E-state index in [1.165, 1.54) is 12.1 Å². The smallest absolute Gasteiger partial charge is 0.341 e. The van der Waals surface area contributed by atoms with Gasteiger partial charge in [-0.05, 0) is 35.7 Å². The highest BCUT2D eigenvalue weighted by Gasteiger charge is 2.29. The summed E-state index contributed by atoms with van der Waals surface area (Å²) >= 11 is 0. The highest BCUT2D eigenvalue weighted by atomic mass is 16.5. The van der Waals surface area contributed by atoms with E-state index < -0.39 is 30.2 Å². The quantitative estimate of drug-likeness (QED) is 0.242. The molecule has 1 heterocycles. The Kier molecular flexibility index (Phi) is 6.56. The predicted molar refractivity (Wildman–Crippen MR) is 131 cm³/mol. The fourth-order valence-corrected chi connectivity index (χ4v) is 4.32. The van der Waals surface area contributed by atoms with Gasteiger partial charge >= 0.3 is 11.9 Å². The number of carbonyl (C=O) groups is 4. The molecule has 0 aliphatic carbocycles. The number of hydrogen-bond donors (Lipinski definition) is 3. The maximum atomic E-state index is 12.9. The molecular weight excluding hydrogens is 464 g/mol.